The quantitative estimate of drug-likeness (QED) is 0.0770. The van der Waals surface area contributed by atoms with Crippen LogP contribution in [0, 0.1) is 0 Å². The summed E-state index contributed by atoms with van der Waals surface area (Å²) in [6.45, 7) is 3.60. The van der Waals surface area contributed by atoms with Crippen LogP contribution in [0.2, 0.25) is 0 Å². The number of β-lactam (4-membered cyclic amide) rings is 1. The summed E-state index contributed by atoms with van der Waals surface area (Å²) >= 11 is 5.14. The number of nitrogens with two attached hydrogens (primary N) is 1. The van der Waals surface area contributed by atoms with Gasteiger partial charge in [0.1, 0.15) is 22.8 Å². The maximum absolute atomic E-state index is 13.0. The number of fused-ring (bicyclic) bond motifs is 2. The highest BCUT2D eigenvalue weighted by molar-refractivity contribution is 8.04. The van der Waals surface area contributed by atoms with Crippen LogP contribution in [0.4, 0.5) is 10.8 Å². The molecule has 44 heavy (non-hydrogen) atoms. The van der Waals surface area contributed by atoms with Crippen LogP contribution < -0.4 is 26.7 Å². The smallest absolute Gasteiger partial charge is 0.352 e. The summed E-state index contributed by atoms with van der Waals surface area (Å²) in [4.78, 5) is 58.2. The van der Waals surface area contributed by atoms with E-state index in [9.17, 15) is 29.5 Å². The zero-order chi connectivity index (χ0) is 31.0. The normalized spacial score (nSPS) is 20.6. The Morgan fingerprint density at radius 2 is 2.02 bits per heavy atom. The minimum absolute atomic E-state index is 0.0555. The van der Waals surface area contributed by atoms with Crippen molar-refractivity contribution in [3.8, 4) is 0 Å². The third kappa shape index (κ3) is 5.80. The molecule has 0 saturated carbocycles. The Balaban J connectivity index is 1.17. The van der Waals surface area contributed by atoms with E-state index in [0.717, 1.165) is 57.0 Å². The number of carboxylic acid groups (broad SMARTS) is 1. The second-order valence-electron chi connectivity index (χ2n) is 9.83. The topological polar surface area (TPSA) is 191 Å². The molecule has 3 aliphatic rings. The van der Waals surface area contributed by atoms with Gasteiger partial charge in [-0.15, -0.1) is 34.4 Å². The van der Waals surface area contributed by atoms with Crippen molar-refractivity contribution in [1.82, 2.24) is 20.5 Å². The van der Waals surface area contributed by atoms with E-state index in [2.05, 4.69) is 25.7 Å². The minimum atomic E-state index is -1.27. The first-order valence-electron chi connectivity index (χ1n) is 13.3. The fraction of sp³-hybridized carbons (Fsp3) is 0.259. The Bertz CT molecular complexity index is 1810. The molecule has 6 N–H and O–H groups in total. The number of carbonyl (C=O) groups is 3. The minimum Gasteiger partial charge on any atom is -0.477 e. The number of hydrogen-bond acceptors (Lipinski definition) is 14. The summed E-state index contributed by atoms with van der Waals surface area (Å²) in [5.41, 5.74) is 6.48. The van der Waals surface area contributed by atoms with Crippen LogP contribution in [-0.2, 0) is 14.4 Å². The van der Waals surface area contributed by atoms with Crippen LogP contribution in [0.1, 0.15) is 5.69 Å². The molecule has 0 aliphatic carbocycles. The SMILES string of the molecule is Nc1nc(/C(=N\O)C(=O)NC2C(=O)N3C(C(=O)O)=C(/C=C/Sc4cc(=O)c5ccc(N6CCNCC6)cc5s4)CS[C@H]23)cs1. The van der Waals surface area contributed by atoms with Crippen LogP contribution in [0.5, 0.6) is 0 Å². The maximum Gasteiger partial charge on any atom is 0.352 e. The second-order valence-corrected chi connectivity index (χ2v) is 14.1. The molecule has 2 atom stereocenters. The van der Waals surface area contributed by atoms with Crippen LogP contribution in [-0.4, -0.2) is 87.0 Å². The van der Waals surface area contributed by atoms with Gasteiger partial charge in [0, 0.05) is 59.2 Å². The number of aliphatic carboxylic acids is 1. The number of allylic oxidation sites excluding steroid dienone is 1. The van der Waals surface area contributed by atoms with Crippen LogP contribution in [0.3, 0.4) is 0 Å². The number of aromatic nitrogens is 1. The zero-order valence-electron chi connectivity index (χ0n) is 22.8. The standard InChI is InChI=1S/C27H25N7O6S4/c28-27-30-16(12-43-27)20(32-40)23(36)31-21-24(37)34-22(26(38)39)13(11-42-25(21)34)3-8-41-19-10-17(35)15-2-1-14(9-18(15)44-19)33-6-4-29-5-7-33/h1-3,8-10,12,21,25,29,40H,4-7,11H2,(H2,28,30)(H,31,36)(H,38,39)/b8-3+,32-20+/t21?,25-/m1/s1. The molecule has 0 radical (unpaired) electrons. The van der Waals surface area contributed by atoms with Gasteiger partial charge < -0.3 is 31.6 Å². The third-order valence-electron chi connectivity index (χ3n) is 7.19. The van der Waals surface area contributed by atoms with E-state index < -0.39 is 34.9 Å². The molecular weight excluding hydrogens is 647 g/mol. The zero-order valence-corrected chi connectivity index (χ0v) is 26.0. The largest absolute Gasteiger partial charge is 0.477 e. The van der Waals surface area contributed by atoms with E-state index in [0.29, 0.717) is 11.0 Å². The summed E-state index contributed by atoms with van der Waals surface area (Å²) in [5, 5.41) is 31.5. The Morgan fingerprint density at radius 3 is 2.73 bits per heavy atom. The number of nitrogens with zero attached hydrogens (tertiary/aromatic N) is 4. The van der Waals surface area contributed by atoms with E-state index in [-0.39, 0.29) is 27.7 Å². The van der Waals surface area contributed by atoms with Gasteiger partial charge in [-0.1, -0.05) is 16.9 Å². The van der Waals surface area contributed by atoms with E-state index in [4.69, 9.17) is 5.73 Å². The van der Waals surface area contributed by atoms with E-state index in [1.807, 2.05) is 18.2 Å². The van der Waals surface area contributed by atoms with Crippen molar-refractivity contribution in [3.05, 3.63) is 68.3 Å². The molecule has 3 aromatic rings. The lowest BCUT2D eigenvalue weighted by Crippen LogP contribution is -2.71. The fourth-order valence-electron chi connectivity index (χ4n) is 5.07. The van der Waals surface area contributed by atoms with Gasteiger partial charge in [-0.05, 0) is 35.3 Å². The monoisotopic (exact) mass is 671 g/mol. The number of nitrogen functional groups attached to an aromatic ring is 1. The number of hydrogen-bond donors (Lipinski definition) is 5. The van der Waals surface area contributed by atoms with Gasteiger partial charge in [0.05, 0.1) is 4.21 Å². The van der Waals surface area contributed by atoms with Gasteiger partial charge in [0.2, 0.25) is 0 Å². The summed E-state index contributed by atoms with van der Waals surface area (Å²) in [6, 6.07) is 6.43. The molecule has 228 valence electrons. The number of anilines is 2. The highest BCUT2D eigenvalue weighted by atomic mass is 32.2. The predicted molar refractivity (Wildman–Crippen MR) is 173 cm³/mol. The second kappa shape index (κ2) is 12.6. The molecule has 0 bridgehead atoms. The fourth-order valence-corrected chi connectivity index (χ4v) is 8.95. The van der Waals surface area contributed by atoms with Crippen molar-refractivity contribution < 1.29 is 24.7 Å². The lowest BCUT2D eigenvalue weighted by Gasteiger charge is -2.49. The molecule has 0 spiro atoms. The van der Waals surface area contributed by atoms with E-state index in [1.54, 1.807) is 17.6 Å². The first-order valence-corrected chi connectivity index (χ1v) is 16.9. The summed E-state index contributed by atoms with van der Waals surface area (Å²) in [7, 11) is 0. The molecule has 13 nitrogen and oxygen atoms in total. The molecule has 17 heteroatoms. The van der Waals surface area contributed by atoms with E-state index in [1.165, 1.54) is 40.2 Å². The highest BCUT2D eigenvalue weighted by Crippen LogP contribution is 2.41. The van der Waals surface area contributed by atoms with Gasteiger partial charge in [-0.2, -0.15) is 0 Å². The van der Waals surface area contributed by atoms with Gasteiger partial charge in [0.25, 0.3) is 11.8 Å². The number of piperazine rings is 1. The first-order chi connectivity index (χ1) is 21.2. The number of carboxylic acids is 1. The number of benzene rings is 1. The molecule has 6 rings (SSSR count). The third-order valence-corrected chi connectivity index (χ3v) is 11.2. The summed E-state index contributed by atoms with van der Waals surface area (Å²) in [6.07, 6.45) is 1.64. The maximum atomic E-state index is 13.0. The first kappa shape index (κ1) is 30.1. The van der Waals surface area contributed by atoms with Crippen LogP contribution in [0.15, 0.2) is 66.6 Å². The van der Waals surface area contributed by atoms with Crippen molar-refractivity contribution in [3.63, 3.8) is 0 Å². The number of oxime groups is 1. The highest BCUT2D eigenvalue weighted by Gasteiger charge is 2.54. The van der Waals surface area contributed by atoms with Crippen LogP contribution >= 0.6 is 46.2 Å². The number of thioether (sulfide) groups is 2. The predicted octanol–water partition coefficient (Wildman–Crippen LogP) is 1.93. The Morgan fingerprint density at radius 1 is 1.23 bits per heavy atom. The van der Waals surface area contributed by atoms with Gasteiger partial charge in [-0.3, -0.25) is 19.3 Å². The molecule has 1 unspecified atom stereocenters. The average Bonchev–Trinajstić information content (AvgIpc) is 3.45. The van der Waals surface area contributed by atoms with Gasteiger partial charge in [0.15, 0.2) is 16.3 Å². The van der Waals surface area contributed by atoms with Crippen molar-refractivity contribution >= 4 is 90.6 Å². The van der Waals surface area contributed by atoms with E-state index >= 15 is 0 Å². The summed E-state index contributed by atoms with van der Waals surface area (Å²) < 4.78 is 1.62. The molecule has 2 saturated heterocycles. The molecule has 2 aromatic heterocycles. The number of nitrogens with one attached hydrogen (secondary N) is 2. The van der Waals surface area contributed by atoms with Crippen molar-refractivity contribution in [2.75, 3.05) is 42.6 Å². The van der Waals surface area contributed by atoms with Crippen molar-refractivity contribution in [2.24, 2.45) is 5.16 Å². The number of thiazole rings is 1. The molecular formula is C27H25N7O6S4. The van der Waals surface area contributed by atoms with Crippen molar-refractivity contribution in [1.29, 1.82) is 0 Å². The number of rotatable bonds is 8. The Kier molecular flexibility index (Phi) is 8.64. The number of amides is 2. The number of carbonyl (C=O) groups excluding carboxylic acids is 2. The van der Waals surface area contributed by atoms with Gasteiger partial charge >= 0.3 is 5.97 Å². The molecule has 2 amide bonds. The van der Waals surface area contributed by atoms with Crippen LogP contribution in [0.25, 0.3) is 10.1 Å². The lowest BCUT2D eigenvalue weighted by atomic mass is 10.0. The average molecular weight is 672 g/mol. The molecule has 2 fully saturated rings. The molecule has 1 aromatic carbocycles. The Hall–Kier alpha value is -3.90. The lowest BCUT2D eigenvalue weighted by molar-refractivity contribution is -0.150. The van der Waals surface area contributed by atoms with Gasteiger partial charge in [-0.25, -0.2) is 9.78 Å². The summed E-state index contributed by atoms with van der Waals surface area (Å²) in [5.74, 6) is -2.45. The molecule has 5 heterocycles. The molecule has 3 aliphatic heterocycles. The van der Waals surface area contributed by atoms with Crippen molar-refractivity contribution in [2.45, 2.75) is 15.6 Å². The Labute approximate surface area is 266 Å².